The van der Waals surface area contributed by atoms with Crippen LogP contribution in [0.5, 0.6) is 0 Å². The van der Waals surface area contributed by atoms with Gasteiger partial charge < -0.3 is 0 Å². The lowest BCUT2D eigenvalue weighted by atomic mass is 10.2. The van der Waals surface area contributed by atoms with E-state index in [9.17, 15) is 0 Å². The summed E-state index contributed by atoms with van der Waals surface area (Å²) in [6, 6.07) is 14.7. The van der Waals surface area contributed by atoms with Crippen LogP contribution in [0.1, 0.15) is 0 Å². The molecule has 0 radical (unpaired) electrons. The van der Waals surface area contributed by atoms with Gasteiger partial charge in [-0.25, -0.2) is 0 Å². The third-order valence-electron chi connectivity index (χ3n) is 2.45. The van der Waals surface area contributed by atoms with E-state index in [2.05, 4.69) is 69.1 Å². The van der Waals surface area contributed by atoms with Crippen molar-refractivity contribution in [1.29, 1.82) is 0 Å². The fourth-order valence-corrected chi connectivity index (χ4v) is 2.92. The summed E-state index contributed by atoms with van der Waals surface area (Å²) in [7, 11) is 0. The van der Waals surface area contributed by atoms with E-state index in [1.165, 1.54) is 15.3 Å². The quantitative estimate of drug-likeness (QED) is 0.598. The molecule has 0 bridgehead atoms. The number of aromatic nitrogens is 1. The van der Waals surface area contributed by atoms with Gasteiger partial charge in [0, 0.05) is 16.6 Å². The number of hydrogen-bond donors (Lipinski definition) is 0. The fourth-order valence-electron chi connectivity index (χ4n) is 1.65. The van der Waals surface area contributed by atoms with Gasteiger partial charge in [-0.05, 0) is 23.8 Å². The molecule has 0 aliphatic heterocycles. The van der Waals surface area contributed by atoms with Crippen molar-refractivity contribution in [3.8, 4) is 10.4 Å². The number of fused-ring (bicyclic) bond motifs is 1. The molecule has 0 saturated carbocycles. The van der Waals surface area contributed by atoms with Gasteiger partial charge >= 0.3 is 0 Å². The highest BCUT2D eigenvalue weighted by molar-refractivity contribution is 9.10. The number of hydrogen-bond acceptors (Lipinski definition) is 1. The van der Waals surface area contributed by atoms with Gasteiger partial charge in [0.25, 0.3) is 4.83 Å². The number of pyridine rings is 1. The van der Waals surface area contributed by atoms with Crippen molar-refractivity contribution < 1.29 is 4.40 Å². The van der Waals surface area contributed by atoms with Crippen molar-refractivity contribution in [2.24, 2.45) is 0 Å². The van der Waals surface area contributed by atoms with E-state index in [-0.39, 0.29) is 0 Å². The van der Waals surface area contributed by atoms with E-state index >= 15 is 0 Å². The molecular formula is C13H9BrNS+. The predicted molar refractivity (Wildman–Crippen MR) is 70.6 cm³/mol. The Morgan fingerprint density at radius 1 is 1.00 bits per heavy atom. The minimum absolute atomic E-state index is 1.12. The molecule has 0 aliphatic carbocycles. The molecule has 3 rings (SSSR count). The molecule has 0 aliphatic rings. The third-order valence-corrected chi connectivity index (χ3v) is 4.10. The van der Waals surface area contributed by atoms with Crippen molar-refractivity contribution in [3.05, 3.63) is 59.3 Å². The largest absolute Gasteiger partial charge is 0.267 e. The summed E-state index contributed by atoms with van der Waals surface area (Å²) in [5, 5.41) is 0. The molecule has 0 unspecified atom stereocenters. The molecule has 0 fully saturated rings. The smallest absolute Gasteiger partial charge is 0.157 e. The van der Waals surface area contributed by atoms with Crippen LogP contribution in [0.15, 0.2) is 59.3 Å². The van der Waals surface area contributed by atoms with E-state index in [0.29, 0.717) is 0 Å². The second kappa shape index (κ2) is 4.00. The SMILES string of the molecule is Brc1ccc(-c2c[n+]3ccccc3s2)cc1. The Balaban J connectivity index is 2.15. The summed E-state index contributed by atoms with van der Waals surface area (Å²) in [6.45, 7) is 0. The number of halogens is 1. The fraction of sp³-hybridized carbons (Fsp3) is 0. The van der Waals surface area contributed by atoms with Gasteiger partial charge in [-0.2, -0.15) is 4.40 Å². The van der Waals surface area contributed by atoms with E-state index < -0.39 is 0 Å². The van der Waals surface area contributed by atoms with E-state index in [1.807, 2.05) is 6.07 Å². The number of benzene rings is 1. The molecule has 0 N–H and O–H groups in total. The molecule has 3 heteroatoms. The average molecular weight is 291 g/mol. The normalized spacial score (nSPS) is 10.8. The Bertz CT molecular complexity index is 595. The Morgan fingerprint density at radius 3 is 2.56 bits per heavy atom. The lowest BCUT2D eigenvalue weighted by molar-refractivity contribution is -0.506. The molecule has 0 spiro atoms. The van der Waals surface area contributed by atoms with Gasteiger partial charge in [-0.3, -0.25) is 0 Å². The van der Waals surface area contributed by atoms with Gasteiger partial charge in [0.15, 0.2) is 12.4 Å². The Hall–Kier alpha value is -1.19. The van der Waals surface area contributed by atoms with Crippen molar-refractivity contribution in [3.63, 3.8) is 0 Å². The number of nitrogens with zero attached hydrogens (tertiary/aromatic N) is 1. The van der Waals surface area contributed by atoms with Crippen LogP contribution in [0, 0.1) is 0 Å². The van der Waals surface area contributed by atoms with E-state index in [4.69, 9.17) is 0 Å². The number of rotatable bonds is 1. The molecule has 1 aromatic carbocycles. The van der Waals surface area contributed by atoms with Gasteiger partial charge in [-0.1, -0.05) is 39.4 Å². The average Bonchev–Trinajstić information content (AvgIpc) is 2.73. The Morgan fingerprint density at radius 2 is 1.81 bits per heavy atom. The zero-order valence-corrected chi connectivity index (χ0v) is 10.8. The lowest BCUT2D eigenvalue weighted by Gasteiger charge is -1.93. The molecule has 3 aromatic rings. The summed E-state index contributed by atoms with van der Waals surface area (Å²) < 4.78 is 3.27. The first-order chi connectivity index (χ1) is 7.83. The van der Waals surface area contributed by atoms with Crippen LogP contribution in [-0.4, -0.2) is 0 Å². The van der Waals surface area contributed by atoms with Crippen LogP contribution in [-0.2, 0) is 0 Å². The van der Waals surface area contributed by atoms with Crippen molar-refractivity contribution >= 4 is 32.1 Å². The summed E-state index contributed by atoms with van der Waals surface area (Å²) in [5.74, 6) is 0. The third kappa shape index (κ3) is 1.77. The zero-order valence-electron chi connectivity index (χ0n) is 8.43. The summed E-state index contributed by atoms with van der Waals surface area (Å²) in [4.78, 5) is 2.55. The molecule has 16 heavy (non-hydrogen) atoms. The molecule has 0 atom stereocenters. The second-order valence-corrected chi connectivity index (χ2v) is 5.53. The van der Waals surface area contributed by atoms with Crippen molar-refractivity contribution in [2.75, 3.05) is 0 Å². The minimum Gasteiger partial charge on any atom is -0.157 e. The van der Waals surface area contributed by atoms with E-state index in [1.54, 1.807) is 11.3 Å². The van der Waals surface area contributed by atoms with Crippen LogP contribution in [0.4, 0.5) is 0 Å². The predicted octanol–water partition coefficient (Wildman–Crippen LogP) is 3.92. The van der Waals surface area contributed by atoms with Gasteiger partial charge in [0.2, 0.25) is 0 Å². The summed E-state index contributed by atoms with van der Waals surface area (Å²) >= 11 is 5.25. The maximum Gasteiger partial charge on any atom is 0.267 e. The first-order valence-electron chi connectivity index (χ1n) is 4.99. The number of thiazole rings is 1. The van der Waals surface area contributed by atoms with Crippen molar-refractivity contribution in [2.45, 2.75) is 0 Å². The summed E-state index contributed by atoms with van der Waals surface area (Å²) in [5.41, 5.74) is 1.26. The first kappa shape index (κ1) is 10.00. The van der Waals surface area contributed by atoms with Gasteiger partial charge in [0.05, 0.1) is 0 Å². The highest BCUT2D eigenvalue weighted by atomic mass is 79.9. The molecule has 0 amide bonds. The van der Waals surface area contributed by atoms with Crippen LogP contribution in [0.3, 0.4) is 0 Å². The molecule has 2 heterocycles. The highest BCUT2D eigenvalue weighted by Gasteiger charge is 2.09. The second-order valence-electron chi connectivity index (χ2n) is 3.55. The topological polar surface area (TPSA) is 4.10 Å². The monoisotopic (exact) mass is 290 g/mol. The van der Waals surface area contributed by atoms with Crippen molar-refractivity contribution in [1.82, 2.24) is 0 Å². The molecule has 78 valence electrons. The van der Waals surface area contributed by atoms with Gasteiger partial charge in [-0.15, -0.1) is 0 Å². The standard InChI is InChI=1S/C13H9BrNS/c14-11-6-4-10(5-7-11)12-9-15-8-2-1-3-13(15)16-12/h1-9H/q+1. The van der Waals surface area contributed by atoms with Crippen LogP contribution < -0.4 is 4.40 Å². The van der Waals surface area contributed by atoms with Crippen LogP contribution >= 0.6 is 27.3 Å². The molecular weight excluding hydrogens is 282 g/mol. The van der Waals surface area contributed by atoms with Crippen LogP contribution in [0.2, 0.25) is 0 Å². The lowest BCUT2D eigenvalue weighted by Crippen LogP contribution is -2.15. The minimum atomic E-state index is 1.12. The van der Waals surface area contributed by atoms with Crippen LogP contribution in [0.25, 0.3) is 15.3 Å². The van der Waals surface area contributed by atoms with Gasteiger partial charge in [0.1, 0.15) is 4.88 Å². The van der Waals surface area contributed by atoms with E-state index in [0.717, 1.165) is 4.47 Å². The summed E-state index contributed by atoms with van der Waals surface area (Å²) in [6.07, 6.45) is 4.25. The Kier molecular flexibility index (Phi) is 2.50. The maximum atomic E-state index is 3.45. The molecule has 0 saturated heterocycles. The maximum absolute atomic E-state index is 3.45. The molecule has 1 nitrogen and oxygen atoms in total. The molecule has 2 aromatic heterocycles. The zero-order chi connectivity index (χ0) is 11.0. The first-order valence-corrected chi connectivity index (χ1v) is 6.60. The Labute approximate surface area is 106 Å². The highest BCUT2D eigenvalue weighted by Crippen LogP contribution is 2.26.